The molecular formula is C27H36NSi+. The summed E-state index contributed by atoms with van der Waals surface area (Å²) in [5.41, 5.74) is 6.44. The van der Waals surface area contributed by atoms with Crippen molar-refractivity contribution < 1.29 is 5.94 Å². The van der Waals surface area contributed by atoms with E-state index < -0.39 is 8.07 Å². The van der Waals surface area contributed by atoms with E-state index in [-0.39, 0.29) is 0 Å². The fraction of sp³-hybridized carbons (Fsp3) is 0.444. The maximum atomic E-state index is 8.84. The molecule has 3 aromatic rings. The first-order chi connectivity index (χ1) is 14.2. The molecule has 4 rings (SSSR count). The smallest absolute Gasteiger partial charge is 0.198 e. The van der Waals surface area contributed by atoms with Crippen LogP contribution in [0.25, 0.3) is 22.0 Å². The Hall–Kier alpha value is -1.93. The number of hydrogen-bond acceptors (Lipinski definition) is 0. The molecule has 1 nitrogen and oxygen atoms in total. The topological polar surface area (TPSA) is 3.88 Å². The van der Waals surface area contributed by atoms with Gasteiger partial charge in [-0.2, -0.15) is 4.57 Å². The summed E-state index contributed by atoms with van der Waals surface area (Å²) in [6.07, 6.45) is 6.74. The molecule has 0 radical (unpaired) electrons. The maximum absolute atomic E-state index is 8.84. The van der Waals surface area contributed by atoms with E-state index in [2.05, 4.69) is 81.5 Å². The summed E-state index contributed by atoms with van der Waals surface area (Å²) in [5.74, 6) is 0.699. The van der Waals surface area contributed by atoms with Crippen LogP contribution < -0.4 is 9.75 Å². The van der Waals surface area contributed by atoms with Gasteiger partial charge in [-0.25, -0.2) is 0 Å². The maximum Gasteiger partial charge on any atom is 0.220 e. The Morgan fingerprint density at radius 2 is 1.69 bits per heavy atom. The Labute approximate surface area is 179 Å². The fourth-order valence-electron chi connectivity index (χ4n) is 4.86. The second-order valence-corrected chi connectivity index (χ2v) is 15.1. The lowest BCUT2D eigenvalue weighted by molar-refractivity contribution is -0.665. The number of rotatable bonds is 3. The van der Waals surface area contributed by atoms with Gasteiger partial charge in [0.05, 0.1) is 14.8 Å². The Bertz CT molecular complexity index is 1100. The van der Waals surface area contributed by atoms with E-state index in [0.29, 0.717) is 12.0 Å². The van der Waals surface area contributed by atoms with Crippen LogP contribution in [0.3, 0.4) is 0 Å². The molecule has 0 saturated heterocycles. The lowest BCUT2D eigenvalue weighted by Gasteiger charge is -2.23. The minimum Gasteiger partial charge on any atom is -0.198 e. The molecule has 0 unspecified atom stereocenters. The molecule has 2 heteroatoms. The minimum atomic E-state index is -1.43. The van der Waals surface area contributed by atoms with Crippen molar-refractivity contribution in [3.05, 3.63) is 59.3 Å². The summed E-state index contributed by atoms with van der Waals surface area (Å²) < 4.78 is 11.1. The van der Waals surface area contributed by atoms with Gasteiger partial charge in [0.2, 0.25) is 5.69 Å². The van der Waals surface area contributed by atoms with E-state index in [1.807, 2.05) is 0 Å². The first-order valence-corrected chi connectivity index (χ1v) is 14.7. The average Bonchev–Trinajstić information content (AvgIpc) is 2.73. The van der Waals surface area contributed by atoms with Gasteiger partial charge in [-0.1, -0.05) is 68.4 Å². The second kappa shape index (κ2) is 7.72. The van der Waals surface area contributed by atoms with Crippen LogP contribution in [0.1, 0.15) is 56.2 Å². The van der Waals surface area contributed by atoms with E-state index in [1.165, 1.54) is 65.1 Å². The summed E-state index contributed by atoms with van der Waals surface area (Å²) in [7, 11) is 0.693. The molecule has 0 amide bonds. The molecule has 1 aromatic heterocycles. The summed E-state index contributed by atoms with van der Waals surface area (Å²) in [6, 6.07) is 14.7. The molecule has 0 atom stereocenters. The van der Waals surface area contributed by atoms with Crippen molar-refractivity contribution in [2.24, 2.45) is 7.05 Å². The van der Waals surface area contributed by atoms with Gasteiger partial charge in [0, 0.05) is 18.5 Å². The largest absolute Gasteiger partial charge is 0.220 e. The molecule has 1 aliphatic carbocycles. The zero-order valence-electron chi connectivity index (χ0n) is 20.0. The van der Waals surface area contributed by atoms with Crippen LogP contribution >= 0.6 is 0 Å². The van der Waals surface area contributed by atoms with Crippen LogP contribution in [-0.2, 0) is 7.05 Å². The normalized spacial score (nSPS) is 16.3. The number of aromatic nitrogens is 1. The first kappa shape index (κ1) is 19.1. The standard InChI is InChI=1S/C27H36NSi/c1-19-12-13-22(21-10-8-7-9-11-21)18-26(19)27-25-15-14-24(29(4,5)6)17-23(25)16-20(2)28(27)3/h12-18,21H,7-11H2,1-6H3/q+1/i16D. The van der Waals surface area contributed by atoms with Gasteiger partial charge >= 0.3 is 0 Å². The Morgan fingerprint density at radius 1 is 0.966 bits per heavy atom. The van der Waals surface area contributed by atoms with Crippen molar-refractivity contribution in [2.75, 3.05) is 0 Å². The van der Waals surface area contributed by atoms with Crippen LogP contribution in [0.4, 0.5) is 0 Å². The highest BCUT2D eigenvalue weighted by Crippen LogP contribution is 2.36. The van der Waals surface area contributed by atoms with Crippen LogP contribution in [0.2, 0.25) is 19.6 Å². The van der Waals surface area contributed by atoms with Gasteiger partial charge in [0.15, 0.2) is 5.69 Å². The fourth-order valence-corrected chi connectivity index (χ4v) is 6.02. The molecule has 0 bridgehead atoms. The number of nitrogens with zero attached hydrogens (tertiary/aromatic N) is 1. The molecule has 29 heavy (non-hydrogen) atoms. The first-order valence-electron chi connectivity index (χ1n) is 11.7. The number of pyridine rings is 1. The highest BCUT2D eigenvalue weighted by atomic mass is 28.3. The molecule has 1 aliphatic rings. The van der Waals surface area contributed by atoms with Gasteiger partial charge in [-0.3, -0.25) is 0 Å². The molecule has 0 aliphatic heterocycles. The van der Waals surface area contributed by atoms with Crippen molar-refractivity contribution in [1.82, 2.24) is 0 Å². The van der Waals surface area contributed by atoms with Crippen molar-refractivity contribution in [1.29, 1.82) is 0 Å². The predicted molar refractivity (Wildman–Crippen MR) is 129 cm³/mol. The Balaban J connectivity index is 1.96. The lowest BCUT2D eigenvalue weighted by atomic mass is 9.82. The molecular weight excluding hydrogens is 366 g/mol. The third-order valence-corrected chi connectivity index (χ3v) is 8.93. The molecule has 152 valence electrons. The third-order valence-electron chi connectivity index (χ3n) is 6.89. The minimum absolute atomic E-state index is 0.664. The second-order valence-electron chi connectivity index (χ2n) is 10.0. The summed E-state index contributed by atoms with van der Waals surface area (Å²) in [4.78, 5) is 0. The van der Waals surface area contributed by atoms with Crippen LogP contribution in [0.5, 0.6) is 0 Å². The Kier molecular flexibility index (Phi) is 5.07. The zero-order chi connectivity index (χ0) is 21.6. The van der Waals surface area contributed by atoms with E-state index >= 15 is 0 Å². The number of hydrogen-bond donors (Lipinski definition) is 0. The highest BCUT2D eigenvalue weighted by molar-refractivity contribution is 6.88. The number of aryl methyl sites for hydroxylation is 1. The molecule has 1 fully saturated rings. The van der Waals surface area contributed by atoms with Crippen molar-refractivity contribution in [3.8, 4) is 11.3 Å². The lowest BCUT2D eigenvalue weighted by Crippen LogP contribution is -2.38. The molecule has 0 spiro atoms. The Morgan fingerprint density at radius 3 is 2.38 bits per heavy atom. The third kappa shape index (κ3) is 3.92. The molecule has 1 saturated carbocycles. The van der Waals surface area contributed by atoms with E-state index in [4.69, 9.17) is 1.37 Å². The molecule has 2 aromatic carbocycles. The number of fused-ring (bicyclic) bond motifs is 1. The highest BCUT2D eigenvalue weighted by Gasteiger charge is 2.24. The van der Waals surface area contributed by atoms with Gasteiger partial charge in [0.25, 0.3) is 0 Å². The van der Waals surface area contributed by atoms with Crippen molar-refractivity contribution in [2.45, 2.75) is 71.5 Å². The van der Waals surface area contributed by atoms with Gasteiger partial charge < -0.3 is 0 Å². The SMILES string of the molecule is [2H]c1c(C)[n+](C)c(-c2cc(C3CCCCC3)ccc2C)c2ccc([Si](C)(C)C)cc12. The predicted octanol–water partition coefficient (Wildman–Crippen LogP) is 6.54. The van der Waals surface area contributed by atoms with E-state index in [1.54, 1.807) is 0 Å². The van der Waals surface area contributed by atoms with Crippen molar-refractivity contribution in [3.63, 3.8) is 0 Å². The van der Waals surface area contributed by atoms with Crippen molar-refractivity contribution >= 4 is 24.0 Å². The average molecular weight is 404 g/mol. The molecule has 1 heterocycles. The van der Waals surface area contributed by atoms with Crippen LogP contribution in [0.15, 0.2) is 42.4 Å². The van der Waals surface area contributed by atoms with Crippen LogP contribution in [0, 0.1) is 13.8 Å². The van der Waals surface area contributed by atoms with E-state index in [9.17, 15) is 0 Å². The molecule has 0 N–H and O–H groups in total. The number of benzene rings is 2. The zero-order valence-corrected chi connectivity index (χ0v) is 20.0. The quantitative estimate of drug-likeness (QED) is 0.345. The summed E-state index contributed by atoms with van der Waals surface area (Å²) in [5, 5.41) is 3.73. The van der Waals surface area contributed by atoms with Gasteiger partial charge in [0.1, 0.15) is 7.05 Å². The van der Waals surface area contributed by atoms with Gasteiger partial charge in [-0.05, 0) is 54.3 Å². The summed E-state index contributed by atoms with van der Waals surface area (Å²) in [6.45, 7) is 11.5. The van der Waals surface area contributed by atoms with Gasteiger partial charge in [-0.15, -0.1) is 0 Å². The van der Waals surface area contributed by atoms with Crippen LogP contribution in [-0.4, -0.2) is 8.07 Å². The monoisotopic (exact) mass is 403 g/mol. The summed E-state index contributed by atoms with van der Waals surface area (Å²) >= 11 is 0. The van der Waals surface area contributed by atoms with E-state index in [0.717, 1.165) is 11.1 Å².